The highest BCUT2D eigenvalue weighted by Gasteiger charge is 2.33. The first-order valence-electron chi connectivity index (χ1n) is 7.48. The summed E-state index contributed by atoms with van der Waals surface area (Å²) < 4.78 is 26.6. The number of alkyl halides is 1. The van der Waals surface area contributed by atoms with E-state index in [-0.39, 0.29) is 4.83 Å². The van der Waals surface area contributed by atoms with Crippen LogP contribution in [0.4, 0.5) is 8.78 Å². The highest BCUT2D eigenvalue weighted by Crippen LogP contribution is 2.47. The molecule has 1 saturated carbocycles. The van der Waals surface area contributed by atoms with E-state index in [2.05, 4.69) is 36.7 Å². The van der Waals surface area contributed by atoms with Crippen LogP contribution in [0.25, 0.3) is 0 Å². The molecule has 21 heavy (non-hydrogen) atoms. The Morgan fingerprint density at radius 2 is 1.62 bits per heavy atom. The van der Waals surface area contributed by atoms with E-state index in [0.717, 1.165) is 24.8 Å². The summed E-state index contributed by atoms with van der Waals surface area (Å²) >= 11 is 9.73. The summed E-state index contributed by atoms with van der Waals surface area (Å²) in [5.41, 5.74) is 1.00. The first kappa shape index (κ1) is 17.2. The first-order chi connectivity index (χ1) is 9.70. The highest BCUT2D eigenvalue weighted by molar-refractivity contribution is 9.09. The number of hydrogen-bond acceptors (Lipinski definition) is 0. The van der Waals surface area contributed by atoms with E-state index in [9.17, 15) is 8.78 Å². The number of hydrogen-bond donors (Lipinski definition) is 0. The van der Waals surface area contributed by atoms with Gasteiger partial charge in [0.2, 0.25) is 0 Å². The zero-order valence-corrected chi connectivity index (χ0v) is 15.1. The number of halogens is 4. The Morgan fingerprint density at radius 1 is 1.10 bits per heavy atom. The fraction of sp³-hybridized carbons (Fsp3) is 0.647. The Kier molecular flexibility index (Phi) is 5.36. The predicted octanol–water partition coefficient (Wildman–Crippen LogP) is 6.91. The van der Waals surface area contributed by atoms with Gasteiger partial charge in [-0.15, -0.1) is 0 Å². The molecule has 0 aliphatic heterocycles. The molecule has 0 heterocycles. The molecule has 1 aromatic rings. The van der Waals surface area contributed by atoms with Gasteiger partial charge in [0.15, 0.2) is 11.6 Å². The lowest BCUT2D eigenvalue weighted by Crippen LogP contribution is -2.27. The van der Waals surface area contributed by atoms with Crippen LogP contribution in [-0.2, 0) is 0 Å². The second-order valence-corrected chi connectivity index (χ2v) is 8.56. The maximum Gasteiger partial charge on any atom is 0.160 e. The van der Waals surface area contributed by atoms with Gasteiger partial charge in [0.05, 0.1) is 0 Å². The molecule has 0 nitrogen and oxygen atoms in total. The van der Waals surface area contributed by atoms with Crippen LogP contribution in [0.2, 0.25) is 5.02 Å². The Bertz CT molecular complexity index is 502. The first-order valence-corrected chi connectivity index (χ1v) is 8.78. The van der Waals surface area contributed by atoms with E-state index in [1.54, 1.807) is 0 Å². The summed E-state index contributed by atoms with van der Waals surface area (Å²) in [6.07, 6.45) is 4.54. The minimum absolute atomic E-state index is 0.0129. The van der Waals surface area contributed by atoms with Crippen LogP contribution in [0.5, 0.6) is 0 Å². The maximum atomic E-state index is 13.5. The predicted molar refractivity (Wildman–Crippen MR) is 87.9 cm³/mol. The zero-order chi connectivity index (χ0) is 15.8. The lowest BCUT2D eigenvalue weighted by atomic mass is 9.69. The minimum Gasteiger partial charge on any atom is -0.204 e. The smallest absolute Gasteiger partial charge is 0.160 e. The zero-order valence-electron chi connectivity index (χ0n) is 12.7. The van der Waals surface area contributed by atoms with E-state index in [4.69, 9.17) is 11.6 Å². The topological polar surface area (TPSA) is 0 Å². The van der Waals surface area contributed by atoms with Crippen molar-refractivity contribution < 1.29 is 8.78 Å². The van der Waals surface area contributed by atoms with Gasteiger partial charge in [0, 0.05) is 9.85 Å². The fourth-order valence-electron chi connectivity index (χ4n) is 3.28. The van der Waals surface area contributed by atoms with E-state index in [1.807, 2.05) is 0 Å². The summed E-state index contributed by atoms with van der Waals surface area (Å²) in [5.74, 6) is -0.568. The third-order valence-corrected chi connectivity index (χ3v) is 6.32. The quantitative estimate of drug-likeness (QED) is 0.387. The molecule has 1 atom stereocenters. The van der Waals surface area contributed by atoms with Crippen molar-refractivity contribution in [2.45, 2.75) is 51.3 Å². The van der Waals surface area contributed by atoms with Crippen LogP contribution in [0.3, 0.4) is 0 Å². The van der Waals surface area contributed by atoms with Crippen LogP contribution in [0.15, 0.2) is 12.1 Å². The van der Waals surface area contributed by atoms with E-state index in [1.165, 1.54) is 18.9 Å². The van der Waals surface area contributed by atoms with E-state index >= 15 is 0 Å². The molecule has 2 rings (SSSR count). The molecular formula is C17H22BrClF2. The SMILES string of the molecule is CC(C)(C)C1CCC(C(Br)c2cc(F)c(F)cc2Cl)CC1. The molecule has 1 aliphatic carbocycles. The minimum atomic E-state index is -0.889. The van der Waals surface area contributed by atoms with Crippen molar-refractivity contribution >= 4 is 27.5 Å². The van der Waals surface area contributed by atoms with Gasteiger partial charge < -0.3 is 0 Å². The van der Waals surface area contributed by atoms with Gasteiger partial charge in [0.25, 0.3) is 0 Å². The Morgan fingerprint density at radius 3 is 2.14 bits per heavy atom. The molecule has 0 saturated heterocycles. The molecule has 4 heteroatoms. The standard InChI is InChI=1S/C17H22BrClF2/c1-17(2,3)11-6-4-10(5-7-11)16(18)12-8-14(20)15(21)9-13(12)19/h8-11,16H,4-7H2,1-3H3. The molecule has 1 unspecified atom stereocenters. The van der Waals surface area contributed by atoms with Gasteiger partial charge in [-0.3, -0.25) is 0 Å². The number of rotatable bonds is 2. The lowest BCUT2D eigenvalue weighted by Gasteiger charge is -2.38. The van der Waals surface area contributed by atoms with Gasteiger partial charge in [-0.25, -0.2) is 8.78 Å². The summed E-state index contributed by atoms with van der Waals surface area (Å²) in [7, 11) is 0. The van der Waals surface area contributed by atoms with Crippen LogP contribution in [-0.4, -0.2) is 0 Å². The van der Waals surface area contributed by atoms with Gasteiger partial charge in [-0.1, -0.05) is 48.3 Å². The molecule has 0 aromatic heterocycles. The largest absolute Gasteiger partial charge is 0.204 e. The second kappa shape index (κ2) is 6.54. The van der Waals surface area contributed by atoms with E-state index in [0.29, 0.717) is 21.9 Å². The maximum absolute atomic E-state index is 13.5. The highest BCUT2D eigenvalue weighted by atomic mass is 79.9. The molecule has 118 valence electrons. The monoisotopic (exact) mass is 378 g/mol. The van der Waals surface area contributed by atoms with Crippen molar-refractivity contribution in [3.63, 3.8) is 0 Å². The van der Waals surface area contributed by atoms with E-state index < -0.39 is 11.6 Å². The average molecular weight is 380 g/mol. The summed E-state index contributed by atoms with van der Waals surface area (Å²) in [5, 5.41) is 0.300. The second-order valence-electron chi connectivity index (χ2n) is 7.17. The van der Waals surface area contributed by atoms with Gasteiger partial charge in [-0.2, -0.15) is 0 Å². The third kappa shape index (κ3) is 3.98. The molecule has 1 aromatic carbocycles. The molecule has 1 aliphatic rings. The molecule has 0 spiro atoms. The third-order valence-electron chi connectivity index (χ3n) is 4.75. The molecular weight excluding hydrogens is 358 g/mol. The van der Waals surface area contributed by atoms with Crippen molar-refractivity contribution in [2.75, 3.05) is 0 Å². The van der Waals surface area contributed by atoms with Crippen molar-refractivity contribution in [1.82, 2.24) is 0 Å². The van der Waals surface area contributed by atoms with Crippen LogP contribution in [0, 0.1) is 28.9 Å². The molecule has 0 radical (unpaired) electrons. The van der Waals surface area contributed by atoms with Gasteiger partial charge >= 0.3 is 0 Å². The Labute approximate surface area is 139 Å². The Balaban J connectivity index is 2.09. The molecule has 0 bridgehead atoms. The normalized spacial score (nSPS) is 24.9. The fourth-order valence-corrected chi connectivity index (χ4v) is 4.59. The summed E-state index contributed by atoms with van der Waals surface area (Å²) in [6.45, 7) is 6.86. The van der Waals surface area contributed by atoms with Crippen LogP contribution < -0.4 is 0 Å². The lowest BCUT2D eigenvalue weighted by molar-refractivity contribution is 0.149. The van der Waals surface area contributed by atoms with Gasteiger partial charge in [0.1, 0.15) is 0 Å². The van der Waals surface area contributed by atoms with Crippen molar-refractivity contribution in [2.24, 2.45) is 17.3 Å². The van der Waals surface area contributed by atoms with Crippen molar-refractivity contribution in [3.05, 3.63) is 34.4 Å². The average Bonchev–Trinajstić information content (AvgIpc) is 2.41. The summed E-state index contributed by atoms with van der Waals surface area (Å²) in [4.78, 5) is -0.0129. The van der Waals surface area contributed by atoms with Crippen LogP contribution >= 0.6 is 27.5 Å². The van der Waals surface area contributed by atoms with Crippen molar-refractivity contribution in [3.8, 4) is 0 Å². The summed E-state index contributed by atoms with van der Waals surface area (Å²) in [6, 6.07) is 2.30. The Hall–Kier alpha value is -0.150. The van der Waals surface area contributed by atoms with Gasteiger partial charge in [-0.05, 0) is 60.6 Å². The molecule has 1 fully saturated rings. The molecule has 0 amide bonds. The number of benzene rings is 1. The van der Waals surface area contributed by atoms with Crippen LogP contribution in [0.1, 0.15) is 56.8 Å². The van der Waals surface area contributed by atoms with Crippen molar-refractivity contribution in [1.29, 1.82) is 0 Å². The molecule has 0 N–H and O–H groups in total.